The summed E-state index contributed by atoms with van der Waals surface area (Å²) in [6.07, 6.45) is 2.12. The summed E-state index contributed by atoms with van der Waals surface area (Å²) in [6, 6.07) is 4.05. The largest absolute Gasteiger partial charge is 0.488 e. The van der Waals surface area contributed by atoms with E-state index in [1.54, 1.807) is 0 Å². The molecular formula is C13H20BFO4. The van der Waals surface area contributed by atoms with Crippen molar-refractivity contribution >= 4 is 12.6 Å². The monoisotopic (exact) mass is 270 g/mol. The average molecular weight is 270 g/mol. The molecule has 0 aliphatic carbocycles. The maximum atomic E-state index is 13.6. The van der Waals surface area contributed by atoms with E-state index in [1.165, 1.54) is 12.1 Å². The number of unbranched alkanes of at least 4 members (excludes halogenated alkanes) is 1. The van der Waals surface area contributed by atoms with Crippen LogP contribution in [0, 0.1) is 5.82 Å². The lowest BCUT2D eigenvalue weighted by Crippen LogP contribution is -2.30. The van der Waals surface area contributed by atoms with Gasteiger partial charge in [0.2, 0.25) is 0 Å². The summed E-state index contributed by atoms with van der Waals surface area (Å²) in [5.41, 5.74) is 0.516. The smallest absolute Gasteiger partial charge is 0.423 e. The minimum absolute atomic E-state index is 0.129. The molecule has 0 heterocycles. The molecule has 0 saturated carbocycles. The van der Waals surface area contributed by atoms with E-state index in [4.69, 9.17) is 19.5 Å². The Balaban J connectivity index is 2.26. The van der Waals surface area contributed by atoms with Crippen LogP contribution in [0.5, 0.6) is 0 Å². The van der Waals surface area contributed by atoms with Gasteiger partial charge >= 0.3 is 7.12 Å². The molecule has 0 saturated heterocycles. The fraction of sp³-hybridized carbons (Fsp3) is 0.538. The summed E-state index contributed by atoms with van der Waals surface area (Å²) in [4.78, 5) is 0. The van der Waals surface area contributed by atoms with Crippen molar-refractivity contribution in [3.05, 3.63) is 29.6 Å². The summed E-state index contributed by atoms with van der Waals surface area (Å²) in [7, 11) is -1.66. The molecule has 1 rings (SSSR count). The van der Waals surface area contributed by atoms with Crippen molar-refractivity contribution in [1.82, 2.24) is 0 Å². The Morgan fingerprint density at radius 1 is 1.16 bits per heavy atom. The third kappa shape index (κ3) is 6.16. The highest BCUT2D eigenvalue weighted by molar-refractivity contribution is 6.58. The molecule has 1 aromatic rings. The van der Waals surface area contributed by atoms with Crippen molar-refractivity contribution in [3.63, 3.8) is 0 Å². The number of halogens is 1. The SMILES string of the molecule is CCCCOCCOCc1ccc(B(O)O)cc1F. The van der Waals surface area contributed by atoms with Crippen LogP contribution >= 0.6 is 0 Å². The topological polar surface area (TPSA) is 58.9 Å². The van der Waals surface area contributed by atoms with Gasteiger partial charge in [-0.2, -0.15) is 0 Å². The second kappa shape index (κ2) is 9.04. The standard InChI is InChI=1S/C13H20BFO4/c1-2-3-6-18-7-8-19-10-11-4-5-12(14(16)17)9-13(11)15/h4-5,9,16-17H,2-3,6-8,10H2,1H3. The Hall–Kier alpha value is -0.945. The van der Waals surface area contributed by atoms with Gasteiger partial charge in [0.05, 0.1) is 19.8 Å². The molecule has 0 aliphatic heterocycles. The molecule has 0 atom stereocenters. The third-order valence-electron chi connectivity index (χ3n) is 2.65. The van der Waals surface area contributed by atoms with E-state index < -0.39 is 12.9 Å². The van der Waals surface area contributed by atoms with Gasteiger partial charge in [-0.1, -0.05) is 25.5 Å². The predicted molar refractivity (Wildman–Crippen MR) is 71.6 cm³/mol. The summed E-state index contributed by atoms with van der Waals surface area (Å²) in [5.74, 6) is -0.502. The second-order valence-electron chi connectivity index (χ2n) is 4.24. The van der Waals surface area contributed by atoms with Gasteiger partial charge in [-0.05, 0) is 17.9 Å². The van der Waals surface area contributed by atoms with E-state index in [0.29, 0.717) is 18.8 Å². The fourth-order valence-electron chi connectivity index (χ4n) is 1.49. The molecule has 4 nitrogen and oxygen atoms in total. The van der Waals surface area contributed by atoms with Gasteiger partial charge < -0.3 is 19.5 Å². The Kier molecular flexibility index (Phi) is 7.66. The van der Waals surface area contributed by atoms with Crippen LogP contribution in [0.15, 0.2) is 18.2 Å². The van der Waals surface area contributed by atoms with Crippen LogP contribution in [-0.4, -0.2) is 37.0 Å². The number of rotatable bonds is 9. The van der Waals surface area contributed by atoms with E-state index in [0.717, 1.165) is 25.5 Å². The Bertz CT molecular complexity index is 374. The van der Waals surface area contributed by atoms with Crippen molar-refractivity contribution in [1.29, 1.82) is 0 Å². The van der Waals surface area contributed by atoms with Crippen LogP contribution in [0.3, 0.4) is 0 Å². The summed E-state index contributed by atoms with van der Waals surface area (Å²) in [6.45, 7) is 3.86. The highest BCUT2D eigenvalue weighted by Crippen LogP contribution is 2.06. The molecule has 19 heavy (non-hydrogen) atoms. The van der Waals surface area contributed by atoms with Crippen molar-refractivity contribution in [2.75, 3.05) is 19.8 Å². The van der Waals surface area contributed by atoms with Gasteiger partial charge in [0, 0.05) is 12.2 Å². The van der Waals surface area contributed by atoms with Crippen LogP contribution in [-0.2, 0) is 16.1 Å². The van der Waals surface area contributed by atoms with Crippen LogP contribution in [0.4, 0.5) is 4.39 Å². The second-order valence-corrected chi connectivity index (χ2v) is 4.24. The minimum atomic E-state index is -1.66. The van der Waals surface area contributed by atoms with Crippen LogP contribution < -0.4 is 5.46 Å². The first kappa shape index (κ1) is 16.1. The molecule has 0 spiro atoms. The van der Waals surface area contributed by atoms with Gasteiger partial charge in [0.15, 0.2) is 0 Å². The first-order chi connectivity index (χ1) is 9.15. The molecule has 2 N–H and O–H groups in total. The van der Waals surface area contributed by atoms with Gasteiger partial charge in [0.1, 0.15) is 5.82 Å². The summed E-state index contributed by atoms with van der Waals surface area (Å²) < 4.78 is 24.2. The van der Waals surface area contributed by atoms with Crippen molar-refractivity contribution in [3.8, 4) is 0 Å². The molecule has 0 unspecified atom stereocenters. The summed E-state index contributed by atoms with van der Waals surface area (Å²) in [5, 5.41) is 17.8. The van der Waals surface area contributed by atoms with Crippen LogP contribution in [0.2, 0.25) is 0 Å². The van der Waals surface area contributed by atoms with Crippen molar-refractivity contribution in [2.45, 2.75) is 26.4 Å². The molecule has 0 aromatic heterocycles. The fourth-order valence-corrected chi connectivity index (χ4v) is 1.49. The molecular weight excluding hydrogens is 250 g/mol. The molecule has 0 radical (unpaired) electrons. The normalized spacial score (nSPS) is 10.7. The Morgan fingerprint density at radius 2 is 1.89 bits per heavy atom. The predicted octanol–water partition coefficient (Wildman–Crippen LogP) is 0.839. The van der Waals surface area contributed by atoms with Crippen molar-refractivity contribution in [2.24, 2.45) is 0 Å². The van der Waals surface area contributed by atoms with Crippen LogP contribution in [0.1, 0.15) is 25.3 Å². The molecule has 1 aromatic carbocycles. The molecule has 0 fully saturated rings. The van der Waals surface area contributed by atoms with Crippen molar-refractivity contribution < 1.29 is 23.9 Å². The number of benzene rings is 1. The molecule has 6 heteroatoms. The lowest BCUT2D eigenvalue weighted by atomic mass is 9.80. The number of hydrogen-bond donors (Lipinski definition) is 2. The first-order valence-corrected chi connectivity index (χ1v) is 6.45. The quantitative estimate of drug-likeness (QED) is 0.515. The lowest BCUT2D eigenvalue weighted by molar-refractivity contribution is 0.0388. The molecule has 106 valence electrons. The van der Waals surface area contributed by atoms with E-state index in [-0.39, 0.29) is 12.1 Å². The third-order valence-corrected chi connectivity index (χ3v) is 2.65. The number of ether oxygens (including phenoxy) is 2. The molecule has 0 aliphatic rings. The van der Waals surface area contributed by atoms with Gasteiger partial charge in [-0.25, -0.2) is 4.39 Å². The molecule has 0 amide bonds. The van der Waals surface area contributed by atoms with Gasteiger partial charge in [-0.3, -0.25) is 0 Å². The summed E-state index contributed by atoms with van der Waals surface area (Å²) >= 11 is 0. The number of hydrogen-bond acceptors (Lipinski definition) is 4. The highest BCUT2D eigenvalue weighted by Gasteiger charge is 2.13. The first-order valence-electron chi connectivity index (χ1n) is 6.45. The minimum Gasteiger partial charge on any atom is -0.423 e. The maximum Gasteiger partial charge on any atom is 0.488 e. The lowest BCUT2D eigenvalue weighted by Gasteiger charge is -2.07. The van der Waals surface area contributed by atoms with Gasteiger partial charge in [-0.15, -0.1) is 0 Å². The Labute approximate surface area is 113 Å². The van der Waals surface area contributed by atoms with E-state index in [2.05, 4.69) is 6.92 Å². The van der Waals surface area contributed by atoms with Crippen LogP contribution in [0.25, 0.3) is 0 Å². The Morgan fingerprint density at radius 3 is 2.53 bits per heavy atom. The van der Waals surface area contributed by atoms with E-state index in [1.807, 2.05) is 0 Å². The van der Waals surface area contributed by atoms with Gasteiger partial charge in [0.25, 0.3) is 0 Å². The van der Waals surface area contributed by atoms with E-state index >= 15 is 0 Å². The molecule has 0 bridgehead atoms. The highest BCUT2D eigenvalue weighted by atomic mass is 19.1. The zero-order valence-corrected chi connectivity index (χ0v) is 11.1. The van der Waals surface area contributed by atoms with E-state index in [9.17, 15) is 4.39 Å². The zero-order chi connectivity index (χ0) is 14.1. The maximum absolute atomic E-state index is 13.6. The average Bonchev–Trinajstić information content (AvgIpc) is 2.39. The zero-order valence-electron chi connectivity index (χ0n) is 11.1.